The number of carboxylic acid groups (broad SMARTS) is 1. The summed E-state index contributed by atoms with van der Waals surface area (Å²) < 4.78 is 6.02. The van der Waals surface area contributed by atoms with Crippen molar-refractivity contribution < 1.29 is 24.4 Å². The SMILES string of the molecule is Cc1nc(C)c(C(=O)OC(C)(C)CN(C)CCC(c2ccccc2)c2ccccc2)c(-c2cccc([N+](=O)[O-])c2)c1C(=O)O. The van der Waals surface area contributed by atoms with E-state index in [9.17, 15) is 24.8 Å². The third-order valence-corrected chi connectivity index (χ3v) is 7.55. The van der Waals surface area contributed by atoms with Crippen molar-refractivity contribution in [1.29, 1.82) is 0 Å². The predicted octanol–water partition coefficient (Wildman–Crippen LogP) is 7.06. The second-order valence-electron chi connectivity index (χ2n) is 11.6. The summed E-state index contributed by atoms with van der Waals surface area (Å²) in [7, 11) is 1.97. The number of aromatic carboxylic acids is 1. The summed E-state index contributed by atoms with van der Waals surface area (Å²) in [6.45, 7) is 7.87. The molecule has 0 aliphatic rings. The number of nitrogens with zero attached hydrogens (tertiary/aromatic N) is 3. The highest BCUT2D eigenvalue weighted by atomic mass is 16.6. The van der Waals surface area contributed by atoms with E-state index in [0.29, 0.717) is 6.54 Å². The van der Waals surface area contributed by atoms with Gasteiger partial charge in [0.1, 0.15) is 5.60 Å². The smallest absolute Gasteiger partial charge is 0.341 e. The number of carbonyl (C=O) groups excluding carboxylic acids is 1. The van der Waals surface area contributed by atoms with Crippen LogP contribution in [0.4, 0.5) is 5.69 Å². The van der Waals surface area contributed by atoms with Crippen LogP contribution in [0.2, 0.25) is 0 Å². The highest BCUT2D eigenvalue weighted by Gasteiger charge is 2.32. The van der Waals surface area contributed by atoms with Crippen molar-refractivity contribution in [3.63, 3.8) is 0 Å². The van der Waals surface area contributed by atoms with Gasteiger partial charge in [-0.1, -0.05) is 72.8 Å². The average molecular weight is 596 g/mol. The minimum absolute atomic E-state index is 0.0301. The maximum Gasteiger partial charge on any atom is 0.341 e. The fraction of sp³-hybridized carbons (Fsp3) is 0.286. The number of aryl methyl sites for hydroxylation is 2. The number of rotatable bonds is 12. The molecule has 44 heavy (non-hydrogen) atoms. The maximum absolute atomic E-state index is 13.8. The first kappa shape index (κ1) is 32.0. The summed E-state index contributed by atoms with van der Waals surface area (Å²) >= 11 is 0. The van der Waals surface area contributed by atoms with Gasteiger partial charge in [-0.05, 0) is 64.4 Å². The van der Waals surface area contributed by atoms with Crippen LogP contribution >= 0.6 is 0 Å². The Morgan fingerprint density at radius 3 is 2.05 bits per heavy atom. The van der Waals surface area contributed by atoms with Gasteiger partial charge in [-0.2, -0.15) is 0 Å². The van der Waals surface area contributed by atoms with E-state index in [-0.39, 0.29) is 45.2 Å². The number of esters is 1. The van der Waals surface area contributed by atoms with E-state index in [0.717, 1.165) is 13.0 Å². The Morgan fingerprint density at radius 2 is 1.50 bits per heavy atom. The van der Waals surface area contributed by atoms with Crippen LogP contribution in [0.15, 0.2) is 84.9 Å². The molecule has 0 atom stereocenters. The minimum Gasteiger partial charge on any atom is -0.478 e. The fourth-order valence-corrected chi connectivity index (χ4v) is 5.73. The van der Waals surface area contributed by atoms with E-state index >= 15 is 0 Å². The number of aromatic nitrogens is 1. The van der Waals surface area contributed by atoms with Gasteiger partial charge in [0.05, 0.1) is 27.4 Å². The van der Waals surface area contributed by atoms with E-state index < -0.39 is 22.5 Å². The van der Waals surface area contributed by atoms with Gasteiger partial charge in [0.15, 0.2) is 0 Å². The van der Waals surface area contributed by atoms with E-state index in [1.807, 2.05) is 43.4 Å². The van der Waals surface area contributed by atoms with E-state index in [1.165, 1.54) is 36.2 Å². The quantitative estimate of drug-likeness (QED) is 0.105. The fourth-order valence-electron chi connectivity index (χ4n) is 5.73. The van der Waals surface area contributed by atoms with E-state index in [1.54, 1.807) is 26.8 Å². The second-order valence-corrected chi connectivity index (χ2v) is 11.6. The normalized spacial score (nSPS) is 11.5. The summed E-state index contributed by atoms with van der Waals surface area (Å²) in [4.78, 5) is 43.5. The van der Waals surface area contributed by atoms with Crippen LogP contribution in [0.5, 0.6) is 0 Å². The molecular weight excluding hydrogens is 558 g/mol. The van der Waals surface area contributed by atoms with Gasteiger partial charge >= 0.3 is 11.9 Å². The predicted molar refractivity (Wildman–Crippen MR) is 169 cm³/mol. The Kier molecular flexibility index (Phi) is 9.90. The third-order valence-electron chi connectivity index (χ3n) is 7.55. The van der Waals surface area contributed by atoms with Crippen molar-refractivity contribution in [1.82, 2.24) is 9.88 Å². The number of pyridine rings is 1. The molecule has 0 aliphatic heterocycles. The molecule has 0 radical (unpaired) electrons. The highest BCUT2D eigenvalue weighted by Crippen LogP contribution is 2.35. The maximum atomic E-state index is 13.8. The number of hydrogen-bond acceptors (Lipinski definition) is 7. The number of carbonyl (C=O) groups is 2. The molecule has 0 spiro atoms. The minimum atomic E-state index is -1.30. The van der Waals surface area contributed by atoms with Crippen molar-refractivity contribution in [3.05, 3.63) is 129 Å². The van der Waals surface area contributed by atoms with E-state index in [4.69, 9.17) is 4.74 Å². The first-order chi connectivity index (χ1) is 20.9. The van der Waals surface area contributed by atoms with Crippen LogP contribution in [0.25, 0.3) is 11.1 Å². The zero-order valence-electron chi connectivity index (χ0n) is 25.6. The standard InChI is InChI=1S/C35H37N3O6/c1-23-30(33(39)40)32(27-17-12-18-28(21-27)38(42)43)31(24(2)36-23)34(41)44-35(3,4)22-37(5)20-19-29(25-13-8-6-9-14-25)26-15-10-7-11-16-26/h6-18,21,29H,19-20,22H2,1-5H3,(H,39,40). The lowest BCUT2D eigenvalue weighted by atomic mass is 9.88. The Hall–Kier alpha value is -4.89. The summed E-state index contributed by atoms with van der Waals surface area (Å²) in [5, 5.41) is 21.6. The molecule has 0 saturated heterocycles. The molecule has 0 aliphatic carbocycles. The molecule has 3 aromatic carbocycles. The molecule has 0 unspecified atom stereocenters. The zero-order chi connectivity index (χ0) is 32.0. The first-order valence-corrected chi connectivity index (χ1v) is 14.4. The number of benzene rings is 3. The summed E-state index contributed by atoms with van der Waals surface area (Å²) in [6, 6.07) is 26.2. The molecule has 1 aromatic heterocycles. The van der Waals surface area contributed by atoms with Gasteiger partial charge in [0, 0.05) is 30.2 Å². The van der Waals surface area contributed by atoms with Crippen LogP contribution in [-0.4, -0.2) is 57.6 Å². The van der Waals surface area contributed by atoms with Crippen LogP contribution in [0.3, 0.4) is 0 Å². The zero-order valence-corrected chi connectivity index (χ0v) is 25.6. The molecule has 0 fully saturated rings. The molecule has 4 rings (SSSR count). The van der Waals surface area contributed by atoms with Crippen molar-refractivity contribution in [3.8, 4) is 11.1 Å². The molecule has 9 nitrogen and oxygen atoms in total. The van der Waals surface area contributed by atoms with Crippen molar-refractivity contribution in [2.75, 3.05) is 20.1 Å². The largest absolute Gasteiger partial charge is 0.478 e. The Labute approximate surface area is 257 Å². The van der Waals surface area contributed by atoms with Crippen molar-refractivity contribution in [2.24, 2.45) is 0 Å². The summed E-state index contributed by atoms with van der Waals surface area (Å²) in [6.07, 6.45) is 0.842. The van der Waals surface area contributed by atoms with Gasteiger partial charge in [0.25, 0.3) is 5.69 Å². The number of nitro benzene ring substituents is 1. The van der Waals surface area contributed by atoms with Crippen LogP contribution in [0.1, 0.15) is 69.4 Å². The molecule has 0 amide bonds. The Morgan fingerprint density at radius 1 is 0.932 bits per heavy atom. The van der Waals surface area contributed by atoms with Gasteiger partial charge in [-0.25, -0.2) is 9.59 Å². The lowest BCUT2D eigenvalue weighted by Crippen LogP contribution is -2.41. The second kappa shape index (κ2) is 13.6. The number of ether oxygens (including phenoxy) is 1. The first-order valence-electron chi connectivity index (χ1n) is 14.4. The molecule has 4 aromatic rings. The monoisotopic (exact) mass is 595 g/mol. The van der Waals surface area contributed by atoms with Crippen LogP contribution < -0.4 is 0 Å². The van der Waals surface area contributed by atoms with Crippen molar-refractivity contribution in [2.45, 2.75) is 45.6 Å². The lowest BCUT2D eigenvalue weighted by Gasteiger charge is -2.31. The number of carboxylic acids is 1. The van der Waals surface area contributed by atoms with Gasteiger partial charge < -0.3 is 14.7 Å². The topological polar surface area (TPSA) is 123 Å². The molecule has 9 heteroatoms. The lowest BCUT2D eigenvalue weighted by molar-refractivity contribution is -0.384. The molecule has 1 N–H and O–H groups in total. The number of hydrogen-bond donors (Lipinski definition) is 1. The number of likely N-dealkylation sites (N-methyl/N-ethyl adjacent to an activating group) is 1. The number of non-ortho nitro benzene ring substituents is 1. The molecule has 1 heterocycles. The summed E-state index contributed by atoms with van der Waals surface area (Å²) in [5.74, 6) is -1.85. The molecule has 0 saturated carbocycles. The Balaban J connectivity index is 1.58. The van der Waals surface area contributed by atoms with Gasteiger partial charge in [-0.3, -0.25) is 15.1 Å². The van der Waals surface area contributed by atoms with Gasteiger partial charge in [-0.15, -0.1) is 0 Å². The van der Waals surface area contributed by atoms with Gasteiger partial charge in [0.2, 0.25) is 0 Å². The molecule has 0 bridgehead atoms. The van der Waals surface area contributed by atoms with Crippen LogP contribution in [0, 0.1) is 24.0 Å². The van der Waals surface area contributed by atoms with Crippen molar-refractivity contribution >= 4 is 17.6 Å². The molecular formula is C35H37N3O6. The van der Waals surface area contributed by atoms with E-state index in [2.05, 4.69) is 34.1 Å². The number of nitro groups is 1. The Bertz CT molecular complexity index is 1610. The molecule has 228 valence electrons. The highest BCUT2D eigenvalue weighted by molar-refractivity contribution is 6.06. The summed E-state index contributed by atoms with van der Waals surface area (Å²) in [5.41, 5.74) is 1.77. The average Bonchev–Trinajstić information content (AvgIpc) is 2.97. The third kappa shape index (κ3) is 7.54. The van der Waals surface area contributed by atoms with Crippen LogP contribution in [-0.2, 0) is 4.74 Å².